The van der Waals surface area contributed by atoms with E-state index in [9.17, 15) is 0 Å². The quantitative estimate of drug-likeness (QED) is 0.552. The van der Waals surface area contributed by atoms with E-state index in [0.717, 1.165) is 6.04 Å². The van der Waals surface area contributed by atoms with E-state index in [1.54, 1.807) is 0 Å². The van der Waals surface area contributed by atoms with Crippen LogP contribution < -0.4 is 5.32 Å². The first-order chi connectivity index (χ1) is 5.81. The molecule has 1 heteroatoms. The van der Waals surface area contributed by atoms with Crippen molar-refractivity contribution in [1.82, 2.24) is 5.32 Å². The van der Waals surface area contributed by atoms with Crippen LogP contribution in [0.5, 0.6) is 0 Å². The average molecular weight is 171 g/mol. The molecule has 12 heavy (non-hydrogen) atoms. The standard InChI is InChI=1S/C11H25N/c1-4-6-8-10-12-11(3)9-7-5-2/h11-12H,4-10H2,1-3H3. The second-order valence-electron chi connectivity index (χ2n) is 3.70. The van der Waals surface area contributed by atoms with Crippen molar-refractivity contribution in [3.63, 3.8) is 0 Å². The lowest BCUT2D eigenvalue weighted by Crippen LogP contribution is -2.26. The lowest BCUT2D eigenvalue weighted by atomic mass is 10.1. The molecule has 0 amide bonds. The highest BCUT2D eigenvalue weighted by Crippen LogP contribution is 2.00. The Morgan fingerprint density at radius 3 is 2.25 bits per heavy atom. The molecule has 0 radical (unpaired) electrons. The molecular weight excluding hydrogens is 146 g/mol. The van der Waals surface area contributed by atoms with Crippen molar-refractivity contribution in [2.75, 3.05) is 6.54 Å². The van der Waals surface area contributed by atoms with E-state index in [-0.39, 0.29) is 0 Å². The fourth-order valence-corrected chi connectivity index (χ4v) is 1.34. The molecule has 1 N–H and O–H groups in total. The molecule has 0 aromatic carbocycles. The highest BCUT2D eigenvalue weighted by Gasteiger charge is 1.98. The Bertz CT molecular complexity index is 81.1. The minimum absolute atomic E-state index is 0.724. The predicted octanol–water partition coefficient (Wildman–Crippen LogP) is 3.34. The van der Waals surface area contributed by atoms with Gasteiger partial charge in [0, 0.05) is 6.04 Å². The zero-order valence-corrected chi connectivity index (χ0v) is 9.03. The molecule has 0 aromatic rings. The summed E-state index contributed by atoms with van der Waals surface area (Å²) in [4.78, 5) is 0. The van der Waals surface area contributed by atoms with E-state index >= 15 is 0 Å². The number of nitrogens with one attached hydrogen (secondary N) is 1. The number of hydrogen-bond donors (Lipinski definition) is 1. The van der Waals surface area contributed by atoms with Gasteiger partial charge in [-0.25, -0.2) is 0 Å². The lowest BCUT2D eigenvalue weighted by Gasteiger charge is -2.12. The fraction of sp³-hybridized carbons (Fsp3) is 1.00. The number of rotatable bonds is 8. The highest BCUT2D eigenvalue weighted by atomic mass is 14.9. The van der Waals surface area contributed by atoms with Crippen LogP contribution in [0, 0.1) is 0 Å². The van der Waals surface area contributed by atoms with Gasteiger partial charge in [-0.15, -0.1) is 0 Å². The summed E-state index contributed by atoms with van der Waals surface area (Å²) in [6.45, 7) is 8.00. The van der Waals surface area contributed by atoms with Gasteiger partial charge in [-0.1, -0.05) is 39.5 Å². The third-order valence-corrected chi connectivity index (χ3v) is 2.26. The van der Waals surface area contributed by atoms with Gasteiger partial charge in [-0.3, -0.25) is 0 Å². The van der Waals surface area contributed by atoms with Gasteiger partial charge in [0.15, 0.2) is 0 Å². The van der Waals surface area contributed by atoms with Gasteiger partial charge in [0.05, 0.1) is 0 Å². The molecule has 0 aliphatic rings. The van der Waals surface area contributed by atoms with E-state index in [4.69, 9.17) is 0 Å². The van der Waals surface area contributed by atoms with Crippen LogP contribution in [-0.2, 0) is 0 Å². The Morgan fingerprint density at radius 2 is 1.67 bits per heavy atom. The average Bonchev–Trinajstić information content (AvgIpc) is 2.09. The first kappa shape index (κ1) is 12.0. The maximum Gasteiger partial charge on any atom is 0.00387 e. The van der Waals surface area contributed by atoms with Crippen LogP contribution in [0.25, 0.3) is 0 Å². The maximum atomic E-state index is 3.55. The minimum Gasteiger partial charge on any atom is -0.314 e. The van der Waals surface area contributed by atoms with Crippen LogP contribution in [0.4, 0.5) is 0 Å². The van der Waals surface area contributed by atoms with Crippen molar-refractivity contribution in [2.45, 2.75) is 65.3 Å². The van der Waals surface area contributed by atoms with Gasteiger partial charge in [0.2, 0.25) is 0 Å². The third-order valence-electron chi connectivity index (χ3n) is 2.26. The van der Waals surface area contributed by atoms with Gasteiger partial charge in [-0.05, 0) is 26.3 Å². The minimum atomic E-state index is 0.724. The van der Waals surface area contributed by atoms with Crippen molar-refractivity contribution >= 4 is 0 Å². The van der Waals surface area contributed by atoms with Crippen LogP contribution in [0.3, 0.4) is 0 Å². The summed E-state index contributed by atoms with van der Waals surface area (Å²) in [5, 5.41) is 3.55. The van der Waals surface area contributed by atoms with Crippen LogP contribution >= 0.6 is 0 Å². The molecule has 0 aromatic heterocycles. The third kappa shape index (κ3) is 8.06. The predicted molar refractivity (Wildman–Crippen MR) is 56.5 cm³/mol. The van der Waals surface area contributed by atoms with Crippen molar-refractivity contribution in [2.24, 2.45) is 0 Å². The zero-order chi connectivity index (χ0) is 9.23. The van der Waals surface area contributed by atoms with Gasteiger partial charge in [0.1, 0.15) is 0 Å². The Morgan fingerprint density at radius 1 is 1.00 bits per heavy atom. The Labute approximate surface area is 77.9 Å². The zero-order valence-electron chi connectivity index (χ0n) is 9.03. The first-order valence-corrected chi connectivity index (χ1v) is 5.54. The van der Waals surface area contributed by atoms with Gasteiger partial charge in [0.25, 0.3) is 0 Å². The van der Waals surface area contributed by atoms with Crippen LogP contribution in [0.2, 0.25) is 0 Å². The summed E-state index contributed by atoms with van der Waals surface area (Å²) >= 11 is 0. The topological polar surface area (TPSA) is 12.0 Å². The number of unbranched alkanes of at least 4 members (excludes halogenated alkanes) is 3. The molecule has 0 fully saturated rings. The van der Waals surface area contributed by atoms with E-state index < -0.39 is 0 Å². The van der Waals surface area contributed by atoms with Crippen molar-refractivity contribution in [3.05, 3.63) is 0 Å². The van der Waals surface area contributed by atoms with Gasteiger partial charge in [-0.2, -0.15) is 0 Å². The summed E-state index contributed by atoms with van der Waals surface area (Å²) in [5.74, 6) is 0. The molecule has 0 rings (SSSR count). The summed E-state index contributed by atoms with van der Waals surface area (Å²) < 4.78 is 0. The Hall–Kier alpha value is -0.0400. The fourth-order valence-electron chi connectivity index (χ4n) is 1.34. The molecule has 0 spiro atoms. The van der Waals surface area contributed by atoms with Gasteiger partial charge >= 0.3 is 0 Å². The number of hydrogen-bond acceptors (Lipinski definition) is 1. The molecule has 74 valence electrons. The monoisotopic (exact) mass is 171 g/mol. The summed E-state index contributed by atoms with van der Waals surface area (Å²) in [6, 6.07) is 0.724. The molecule has 0 aliphatic carbocycles. The Balaban J connectivity index is 3.02. The van der Waals surface area contributed by atoms with E-state index in [1.807, 2.05) is 0 Å². The van der Waals surface area contributed by atoms with Crippen molar-refractivity contribution in [3.8, 4) is 0 Å². The molecule has 0 aliphatic heterocycles. The molecule has 0 saturated carbocycles. The first-order valence-electron chi connectivity index (χ1n) is 5.54. The molecule has 0 bridgehead atoms. The summed E-state index contributed by atoms with van der Waals surface area (Å²) in [6.07, 6.45) is 8.05. The molecule has 1 nitrogen and oxygen atoms in total. The normalized spacial score (nSPS) is 13.2. The molecule has 0 saturated heterocycles. The van der Waals surface area contributed by atoms with Crippen LogP contribution in [0.1, 0.15) is 59.3 Å². The van der Waals surface area contributed by atoms with Crippen LogP contribution in [-0.4, -0.2) is 12.6 Å². The largest absolute Gasteiger partial charge is 0.314 e. The molecule has 0 heterocycles. The lowest BCUT2D eigenvalue weighted by molar-refractivity contribution is 0.483. The van der Waals surface area contributed by atoms with E-state index in [1.165, 1.54) is 45.1 Å². The van der Waals surface area contributed by atoms with Gasteiger partial charge < -0.3 is 5.32 Å². The SMILES string of the molecule is CCCCCNC(C)CCCC. The second-order valence-corrected chi connectivity index (χ2v) is 3.70. The van der Waals surface area contributed by atoms with Crippen molar-refractivity contribution in [1.29, 1.82) is 0 Å². The second kappa shape index (κ2) is 9.05. The van der Waals surface area contributed by atoms with Crippen molar-refractivity contribution < 1.29 is 0 Å². The van der Waals surface area contributed by atoms with E-state index in [2.05, 4.69) is 26.1 Å². The Kier molecular flexibility index (Phi) is 9.02. The highest BCUT2D eigenvalue weighted by molar-refractivity contribution is 4.59. The molecular formula is C11H25N. The van der Waals surface area contributed by atoms with Crippen LogP contribution in [0.15, 0.2) is 0 Å². The summed E-state index contributed by atoms with van der Waals surface area (Å²) in [5.41, 5.74) is 0. The maximum absolute atomic E-state index is 3.55. The molecule has 1 unspecified atom stereocenters. The molecule has 1 atom stereocenters. The smallest absolute Gasteiger partial charge is 0.00387 e. The summed E-state index contributed by atoms with van der Waals surface area (Å²) in [7, 11) is 0. The van der Waals surface area contributed by atoms with E-state index in [0.29, 0.717) is 0 Å².